The highest BCUT2D eigenvalue weighted by atomic mass is 19.2. The first kappa shape index (κ1) is 10.9. The zero-order valence-electron chi connectivity index (χ0n) is 9.52. The molecule has 2 aromatic heterocycles. The van der Waals surface area contributed by atoms with E-state index in [1.807, 2.05) is 0 Å². The highest BCUT2D eigenvalue weighted by Crippen LogP contribution is 2.18. The summed E-state index contributed by atoms with van der Waals surface area (Å²) in [6.45, 7) is 2.19. The molecule has 0 atom stereocenters. The molecule has 92 valence electrons. The SMILES string of the molecule is Cc1cc(Cn2cnc3cc(F)c(F)cc32)no1. The number of rotatable bonds is 2. The van der Waals surface area contributed by atoms with Crippen LogP contribution in [0.25, 0.3) is 11.0 Å². The van der Waals surface area contributed by atoms with E-state index < -0.39 is 11.6 Å². The molecule has 3 rings (SSSR count). The minimum atomic E-state index is -0.898. The molecule has 0 saturated heterocycles. The summed E-state index contributed by atoms with van der Waals surface area (Å²) in [6.07, 6.45) is 1.52. The van der Waals surface area contributed by atoms with E-state index in [4.69, 9.17) is 4.52 Å². The number of aryl methyl sites for hydroxylation is 1. The summed E-state index contributed by atoms with van der Waals surface area (Å²) < 4.78 is 32.9. The third-order valence-corrected chi connectivity index (χ3v) is 2.67. The number of hydrogen-bond donors (Lipinski definition) is 0. The van der Waals surface area contributed by atoms with Gasteiger partial charge in [0.2, 0.25) is 0 Å². The molecule has 0 fully saturated rings. The summed E-state index contributed by atoms with van der Waals surface area (Å²) in [6, 6.07) is 3.99. The predicted octanol–water partition coefficient (Wildman–Crippen LogP) is 2.66. The van der Waals surface area contributed by atoms with E-state index in [-0.39, 0.29) is 0 Å². The average molecular weight is 249 g/mol. The molecule has 0 amide bonds. The van der Waals surface area contributed by atoms with Crippen LogP contribution in [-0.4, -0.2) is 14.7 Å². The van der Waals surface area contributed by atoms with Crippen molar-refractivity contribution in [1.82, 2.24) is 14.7 Å². The van der Waals surface area contributed by atoms with E-state index in [0.717, 1.165) is 12.1 Å². The van der Waals surface area contributed by atoms with Gasteiger partial charge in [-0.2, -0.15) is 0 Å². The van der Waals surface area contributed by atoms with Crippen LogP contribution in [0.2, 0.25) is 0 Å². The topological polar surface area (TPSA) is 43.9 Å². The quantitative estimate of drug-likeness (QED) is 0.701. The molecule has 0 aliphatic heterocycles. The van der Waals surface area contributed by atoms with Crippen molar-refractivity contribution in [1.29, 1.82) is 0 Å². The van der Waals surface area contributed by atoms with Crippen LogP contribution in [0.1, 0.15) is 11.5 Å². The second kappa shape index (κ2) is 3.90. The molecule has 18 heavy (non-hydrogen) atoms. The molecule has 0 N–H and O–H groups in total. The second-order valence-electron chi connectivity index (χ2n) is 4.06. The van der Waals surface area contributed by atoms with E-state index in [2.05, 4.69) is 10.1 Å². The lowest BCUT2D eigenvalue weighted by Gasteiger charge is -2.01. The van der Waals surface area contributed by atoms with Crippen LogP contribution in [0.3, 0.4) is 0 Å². The van der Waals surface area contributed by atoms with Gasteiger partial charge in [0.15, 0.2) is 11.6 Å². The molecular formula is C12H9F2N3O. The van der Waals surface area contributed by atoms with E-state index in [9.17, 15) is 8.78 Å². The first-order valence-electron chi connectivity index (χ1n) is 5.35. The van der Waals surface area contributed by atoms with Gasteiger partial charge in [0, 0.05) is 18.2 Å². The van der Waals surface area contributed by atoms with E-state index in [0.29, 0.717) is 29.0 Å². The zero-order valence-corrected chi connectivity index (χ0v) is 9.52. The maximum absolute atomic E-state index is 13.2. The molecule has 2 heterocycles. The number of fused-ring (bicyclic) bond motifs is 1. The Balaban J connectivity index is 2.04. The maximum Gasteiger partial charge on any atom is 0.161 e. The number of nitrogens with zero attached hydrogens (tertiary/aromatic N) is 3. The standard InChI is InChI=1S/C12H9F2N3O/c1-7-2-8(16-18-7)5-17-6-15-11-3-9(13)10(14)4-12(11)17/h2-4,6H,5H2,1H3. The number of imidazole rings is 1. The lowest BCUT2D eigenvalue weighted by Crippen LogP contribution is -1.98. The zero-order chi connectivity index (χ0) is 12.7. The third-order valence-electron chi connectivity index (χ3n) is 2.67. The summed E-state index contributed by atoms with van der Waals surface area (Å²) in [4.78, 5) is 4.02. The second-order valence-corrected chi connectivity index (χ2v) is 4.06. The van der Waals surface area contributed by atoms with Crippen LogP contribution in [0.5, 0.6) is 0 Å². The van der Waals surface area contributed by atoms with Gasteiger partial charge in [-0.3, -0.25) is 0 Å². The fourth-order valence-electron chi connectivity index (χ4n) is 1.85. The van der Waals surface area contributed by atoms with Crippen molar-refractivity contribution >= 4 is 11.0 Å². The van der Waals surface area contributed by atoms with Crippen molar-refractivity contribution < 1.29 is 13.3 Å². The largest absolute Gasteiger partial charge is 0.361 e. The molecule has 0 bridgehead atoms. The van der Waals surface area contributed by atoms with Gasteiger partial charge < -0.3 is 9.09 Å². The molecule has 0 radical (unpaired) electrons. The molecule has 0 unspecified atom stereocenters. The Hall–Kier alpha value is -2.24. The number of hydrogen-bond acceptors (Lipinski definition) is 3. The van der Waals surface area contributed by atoms with Crippen molar-refractivity contribution in [2.75, 3.05) is 0 Å². The summed E-state index contributed by atoms with van der Waals surface area (Å²) in [5.74, 6) is -1.09. The van der Waals surface area contributed by atoms with Crippen LogP contribution in [0, 0.1) is 18.6 Å². The van der Waals surface area contributed by atoms with Gasteiger partial charge in [-0.1, -0.05) is 5.16 Å². The minimum absolute atomic E-state index is 0.402. The van der Waals surface area contributed by atoms with Crippen molar-refractivity contribution in [2.45, 2.75) is 13.5 Å². The lowest BCUT2D eigenvalue weighted by molar-refractivity contribution is 0.389. The van der Waals surface area contributed by atoms with Crippen molar-refractivity contribution in [3.05, 3.63) is 47.6 Å². The molecule has 1 aromatic carbocycles. The molecule has 0 aliphatic carbocycles. The van der Waals surface area contributed by atoms with Gasteiger partial charge in [0.05, 0.1) is 23.9 Å². The lowest BCUT2D eigenvalue weighted by atomic mass is 10.3. The number of halogens is 2. The molecule has 0 aliphatic rings. The van der Waals surface area contributed by atoms with E-state index >= 15 is 0 Å². The third kappa shape index (κ3) is 1.75. The molecular weight excluding hydrogens is 240 g/mol. The van der Waals surface area contributed by atoms with E-state index in [1.165, 1.54) is 6.33 Å². The molecule has 3 aromatic rings. The van der Waals surface area contributed by atoms with Crippen LogP contribution >= 0.6 is 0 Å². The summed E-state index contributed by atoms with van der Waals surface area (Å²) in [7, 11) is 0. The van der Waals surface area contributed by atoms with Gasteiger partial charge in [-0.05, 0) is 6.92 Å². The highest BCUT2D eigenvalue weighted by molar-refractivity contribution is 5.75. The molecule has 6 heteroatoms. The van der Waals surface area contributed by atoms with Crippen LogP contribution in [0.15, 0.2) is 29.0 Å². The Morgan fingerprint density at radius 2 is 2.00 bits per heavy atom. The van der Waals surface area contributed by atoms with Crippen molar-refractivity contribution in [3.63, 3.8) is 0 Å². The van der Waals surface area contributed by atoms with Crippen LogP contribution < -0.4 is 0 Å². The Morgan fingerprint density at radius 1 is 1.22 bits per heavy atom. The number of benzene rings is 1. The van der Waals surface area contributed by atoms with Crippen LogP contribution in [-0.2, 0) is 6.54 Å². The van der Waals surface area contributed by atoms with Crippen molar-refractivity contribution in [3.8, 4) is 0 Å². The van der Waals surface area contributed by atoms with Crippen molar-refractivity contribution in [2.24, 2.45) is 0 Å². The predicted molar refractivity (Wildman–Crippen MR) is 60.0 cm³/mol. The highest BCUT2D eigenvalue weighted by Gasteiger charge is 2.10. The molecule has 4 nitrogen and oxygen atoms in total. The monoisotopic (exact) mass is 249 g/mol. The Kier molecular flexibility index (Phi) is 2.36. The molecule has 0 saturated carbocycles. The summed E-state index contributed by atoms with van der Waals surface area (Å²) in [5.41, 5.74) is 1.64. The Morgan fingerprint density at radius 3 is 2.72 bits per heavy atom. The van der Waals surface area contributed by atoms with Gasteiger partial charge in [0.25, 0.3) is 0 Å². The summed E-state index contributed by atoms with van der Waals surface area (Å²) >= 11 is 0. The van der Waals surface area contributed by atoms with Gasteiger partial charge in [0.1, 0.15) is 11.5 Å². The average Bonchev–Trinajstić information content (AvgIpc) is 2.89. The maximum atomic E-state index is 13.2. The molecule has 0 spiro atoms. The van der Waals surface area contributed by atoms with E-state index in [1.54, 1.807) is 17.6 Å². The summed E-state index contributed by atoms with van der Waals surface area (Å²) in [5, 5.41) is 3.85. The first-order valence-corrected chi connectivity index (χ1v) is 5.35. The fourth-order valence-corrected chi connectivity index (χ4v) is 1.85. The minimum Gasteiger partial charge on any atom is -0.361 e. The fraction of sp³-hybridized carbons (Fsp3) is 0.167. The van der Waals surface area contributed by atoms with Gasteiger partial charge >= 0.3 is 0 Å². The van der Waals surface area contributed by atoms with Crippen LogP contribution in [0.4, 0.5) is 8.78 Å². The first-order chi connectivity index (χ1) is 8.63. The Bertz CT molecular complexity index is 717. The Labute approximate surface area is 101 Å². The normalized spacial score (nSPS) is 11.3. The van der Waals surface area contributed by atoms with Gasteiger partial charge in [-0.15, -0.1) is 0 Å². The number of aromatic nitrogens is 3. The van der Waals surface area contributed by atoms with Gasteiger partial charge in [-0.25, -0.2) is 13.8 Å². The smallest absolute Gasteiger partial charge is 0.161 e.